The molecule has 2 aliphatic rings. The molecule has 2 aliphatic carbocycles. The normalized spacial score (nSPS) is 14.3. The molecule has 0 N–H and O–H groups in total. The molecular formula is C35H38Cl2GeZr. The third kappa shape index (κ3) is 6.76. The van der Waals surface area contributed by atoms with E-state index in [-0.39, 0.29) is 24.8 Å². The van der Waals surface area contributed by atoms with Gasteiger partial charge in [0.2, 0.25) is 0 Å². The summed E-state index contributed by atoms with van der Waals surface area (Å²) in [5.41, 5.74) is 11.8. The maximum absolute atomic E-state index is 2.69. The van der Waals surface area contributed by atoms with Crippen molar-refractivity contribution in [2.24, 2.45) is 0 Å². The molecule has 0 unspecified atom stereocenters. The Hall–Kier alpha value is -1.37. The molecule has 200 valence electrons. The fraction of sp³-hybridized carbons (Fsp3) is 0.257. The van der Waals surface area contributed by atoms with E-state index in [0.717, 1.165) is 12.8 Å². The van der Waals surface area contributed by atoms with Gasteiger partial charge in [0, 0.05) is 0 Å². The van der Waals surface area contributed by atoms with Crippen LogP contribution >= 0.6 is 0 Å². The Morgan fingerprint density at radius 3 is 1.41 bits per heavy atom. The quantitative estimate of drug-likeness (QED) is 0.335. The smallest absolute Gasteiger partial charge is 1.00 e. The van der Waals surface area contributed by atoms with Gasteiger partial charge in [0.25, 0.3) is 0 Å². The van der Waals surface area contributed by atoms with Crippen molar-refractivity contribution in [2.75, 3.05) is 0 Å². The van der Waals surface area contributed by atoms with Gasteiger partial charge < -0.3 is 24.8 Å². The van der Waals surface area contributed by atoms with Gasteiger partial charge in [-0.3, -0.25) is 0 Å². The van der Waals surface area contributed by atoms with Crippen LogP contribution in [0.15, 0.2) is 109 Å². The van der Waals surface area contributed by atoms with Gasteiger partial charge in [0.05, 0.1) is 0 Å². The van der Waals surface area contributed by atoms with Gasteiger partial charge >= 0.3 is 234 Å². The molecule has 39 heavy (non-hydrogen) atoms. The van der Waals surface area contributed by atoms with E-state index >= 15 is 0 Å². The predicted molar refractivity (Wildman–Crippen MR) is 160 cm³/mol. The molecule has 0 aromatic heterocycles. The zero-order valence-electron chi connectivity index (χ0n) is 23.7. The van der Waals surface area contributed by atoms with E-state index in [0.29, 0.717) is 0 Å². The zero-order valence-corrected chi connectivity index (χ0v) is 29.8. The SMILES string of the molecule is CCc1ccc(C2=CC[C]([Zr+2]([C]3=C(C)C(c4ccc(CC)cc4)=CC3)=[Ge]([CH3])[c]3ccccc3)=C2C)cc1.[Cl-].[Cl-]. The first-order valence-corrected chi connectivity index (χ1v) is 26.8. The number of benzene rings is 3. The van der Waals surface area contributed by atoms with E-state index in [9.17, 15) is 0 Å². The topological polar surface area (TPSA) is 0 Å². The Kier molecular flexibility index (Phi) is 11.9. The van der Waals surface area contributed by atoms with Crippen molar-refractivity contribution in [2.45, 2.75) is 59.1 Å². The van der Waals surface area contributed by atoms with Crippen LogP contribution < -0.4 is 29.2 Å². The van der Waals surface area contributed by atoms with Crippen molar-refractivity contribution in [3.8, 4) is 0 Å². The first kappa shape index (κ1) is 32.1. The number of rotatable bonds is 7. The van der Waals surface area contributed by atoms with E-state index in [1.807, 2.05) is 6.56 Å². The summed E-state index contributed by atoms with van der Waals surface area (Å²) in [7, 11) is -1.46. The molecule has 5 rings (SSSR count). The second-order valence-electron chi connectivity index (χ2n) is 10.3. The number of hydrogen-bond donors (Lipinski definition) is 0. The summed E-state index contributed by atoms with van der Waals surface area (Å²) in [6.45, 7) is 9.34. The van der Waals surface area contributed by atoms with E-state index in [4.69, 9.17) is 0 Å². The van der Waals surface area contributed by atoms with Gasteiger partial charge in [-0.1, -0.05) is 0 Å². The van der Waals surface area contributed by atoms with Crippen LogP contribution in [0.3, 0.4) is 0 Å². The molecule has 0 amide bonds. The Morgan fingerprint density at radius 1 is 0.615 bits per heavy atom. The van der Waals surface area contributed by atoms with Crippen LogP contribution in [-0.4, -0.2) is 9.98 Å². The third-order valence-electron chi connectivity index (χ3n) is 8.27. The maximum atomic E-state index is 2.69. The van der Waals surface area contributed by atoms with Crippen molar-refractivity contribution in [1.29, 1.82) is 0 Å². The zero-order chi connectivity index (χ0) is 25.9. The number of aryl methyl sites for hydroxylation is 2. The van der Waals surface area contributed by atoms with E-state index < -0.39 is 28.6 Å². The first-order chi connectivity index (χ1) is 18.0. The molecule has 3 aromatic rings. The Morgan fingerprint density at radius 2 is 1.03 bits per heavy atom. The Labute approximate surface area is 257 Å². The van der Waals surface area contributed by atoms with E-state index in [1.165, 1.54) is 46.2 Å². The summed E-state index contributed by atoms with van der Waals surface area (Å²) in [6, 6.07) is 30.2. The molecule has 0 aliphatic heterocycles. The van der Waals surface area contributed by atoms with Gasteiger partial charge in [-0.15, -0.1) is 0 Å². The molecule has 0 radical (unpaired) electrons. The first-order valence-electron chi connectivity index (χ1n) is 13.8. The largest absolute Gasteiger partial charge is 1.00 e. The molecular weight excluding hydrogens is 655 g/mol. The number of halogens is 2. The van der Waals surface area contributed by atoms with Crippen LogP contribution in [-0.2, 0) is 31.5 Å². The molecule has 0 saturated heterocycles. The summed E-state index contributed by atoms with van der Waals surface area (Å²) in [4.78, 5) is 0. The van der Waals surface area contributed by atoms with Crippen molar-refractivity contribution >= 4 is 25.5 Å². The van der Waals surface area contributed by atoms with Crippen molar-refractivity contribution < 1.29 is 43.4 Å². The fourth-order valence-corrected chi connectivity index (χ4v) is 39.3. The Bertz CT molecular complexity index is 1380. The van der Waals surface area contributed by atoms with Crippen LogP contribution in [0.5, 0.6) is 0 Å². The van der Waals surface area contributed by atoms with Gasteiger partial charge in [-0.05, 0) is 0 Å². The molecule has 4 heteroatoms. The van der Waals surface area contributed by atoms with Crippen LogP contribution in [0.4, 0.5) is 0 Å². The predicted octanol–water partition coefficient (Wildman–Crippen LogP) is 2.79. The summed E-state index contributed by atoms with van der Waals surface area (Å²) < 4.78 is 5.41. The average molecular weight is 693 g/mol. The third-order valence-corrected chi connectivity index (χ3v) is 38.9. The van der Waals surface area contributed by atoms with Crippen molar-refractivity contribution in [1.82, 2.24) is 0 Å². The second kappa shape index (κ2) is 14.5. The summed E-state index contributed by atoms with van der Waals surface area (Å²) in [5, 5.41) is 0. The van der Waals surface area contributed by atoms with Crippen LogP contribution in [0.2, 0.25) is 5.76 Å². The van der Waals surface area contributed by atoms with Crippen molar-refractivity contribution in [3.05, 3.63) is 131 Å². The minimum Gasteiger partial charge on any atom is -1.00 e. The van der Waals surface area contributed by atoms with Gasteiger partial charge in [0.15, 0.2) is 0 Å². The molecule has 0 bridgehead atoms. The van der Waals surface area contributed by atoms with Gasteiger partial charge in [-0.25, -0.2) is 0 Å². The van der Waals surface area contributed by atoms with Crippen LogP contribution in [0, 0.1) is 0 Å². The fourth-order valence-electron chi connectivity index (χ4n) is 5.90. The standard InChI is InChI=1S/2C14H15.C7H8Ge.2ClH.Zr/c2*1-3-12-7-9-13(10-8-12)14-6-4-5-11(14)2;1-8-7-5-3-2-4-6-7;;;/h2*6-10H,3-4H2,1-2H3;2-6H,1H3;2*1H;/q;;;;;+2/p-2. The molecule has 0 nitrogen and oxygen atoms in total. The summed E-state index contributed by atoms with van der Waals surface area (Å²) >= 11 is -2.09. The van der Waals surface area contributed by atoms with E-state index in [1.54, 1.807) is 15.5 Å². The molecule has 0 atom stereocenters. The minimum absolute atomic E-state index is 0. The molecule has 0 fully saturated rings. The molecule has 0 saturated carbocycles. The minimum atomic E-state index is -2.09. The van der Waals surface area contributed by atoms with Crippen LogP contribution in [0.1, 0.15) is 62.8 Å². The maximum Gasteiger partial charge on any atom is -1.00 e. The summed E-state index contributed by atoms with van der Waals surface area (Å²) in [5.74, 6) is 2.69. The molecule has 3 aromatic carbocycles. The molecule has 0 spiro atoms. The van der Waals surface area contributed by atoms with E-state index in [2.05, 4.69) is 124 Å². The summed E-state index contributed by atoms with van der Waals surface area (Å²) in [6.07, 6.45) is 9.63. The number of hydrogen-bond acceptors (Lipinski definition) is 0. The van der Waals surface area contributed by atoms with Gasteiger partial charge in [-0.2, -0.15) is 0 Å². The number of allylic oxidation sites excluding steroid dienone is 8. The second-order valence-corrected chi connectivity index (χ2v) is 34.7. The average Bonchev–Trinajstić information content (AvgIpc) is 3.52. The van der Waals surface area contributed by atoms with Gasteiger partial charge in [0.1, 0.15) is 0 Å². The Balaban J connectivity index is 0.00000210. The van der Waals surface area contributed by atoms with Crippen LogP contribution in [0.25, 0.3) is 11.1 Å². The molecule has 0 heterocycles. The monoisotopic (exact) mass is 692 g/mol. The van der Waals surface area contributed by atoms with Crippen molar-refractivity contribution in [3.63, 3.8) is 0 Å².